The number of aromatic nitrogens is 2. The Bertz CT molecular complexity index is 572. The van der Waals surface area contributed by atoms with E-state index in [2.05, 4.69) is 15.3 Å². The predicted octanol–water partition coefficient (Wildman–Crippen LogP) is 2.61. The Labute approximate surface area is 118 Å². The molecule has 0 bridgehead atoms. The van der Waals surface area contributed by atoms with Crippen LogP contribution in [0.5, 0.6) is 0 Å². The maximum absolute atomic E-state index is 14.0. The van der Waals surface area contributed by atoms with E-state index in [1.54, 1.807) is 24.4 Å². The van der Waals surface area contributed by atoms with Gasteiger partial charge in [0.15, 0.2) is 0 Å². The lowest BCUT2D eigenvalue weighted by atomic mass is 10.1. The Morgan fingerprint density at radius 3 is 2.80 bits per heavy atom. The van der Waals surface area contributed by atoms with E-state index in [9.17, 15) is 4.39 Å². The summed E-state index contributed by atoms with van der Waals surface area (Å²) < 4.78 is 14.0. The van der Waals surface area contributed by atoms with Crippen molar-refractivity contribution >= 4 is 5.69 Å². The van der Waals surface area contributed by atoms with Crippen molar-refractivity contribution in [2.45, 2.75) is 19.8 Å². The van der Waals surface area contributed by atoms with Gasteiger partial charge in [0.25, 0.3) is 0 Å². The highest BCUT2D eigenvalue weighted by Crippen LogP contribution is 2.27. The van der Waals surface area contributed by atoms with Crippen molar-refractivity contribution in [1.82, 2.24) is 9.97 Å². The van der Waals surface area contributed by atoms with Crippen LogP contribution in [0.25, 0.3) is 11.3 Å². The first-order valence-corrected chi connectivity index (χ1v) is 6.81. The van der Waals surface area contributed by atoms with Crippen molar-refractivity contribution in [1.29, 1.82) is 0 Å². The van der Waals surface area contributed by atoms with Crippen molar-refractivity contribution in [3.8, 4) is 11.3 Å². The molecule has 0 unspecified atom stereocenters. The molecule has 1 aromatic carbocycles. The molecule has 0 saturated carbocycles. The highest BCUT2D eigenvalue weighted by atomic mass is 19.1. The summed E-state index contributed by atoms with van der Waals surface area (Å²) in [4.78, 5) is 8.72. The van der Waals surface area contributed by atoms with Crippen molar-refractivity contribution < 1.29 is 4.39 Å². The van der Waals surface area contributed by atoms with Gasteiger partial charge in [-0.3, -0.25) is 0 Å². The monoisotopic (exact) mass is 274 g/mol. The van der Waals surface area contributed by atoms with Crippen LogP contribution in [0.15, 0.2) is 30.5 Å². The van der Waals surface area contributed by atoms with Gasteiger partial charge in [-0.2, -0.15) is 0 Å². The Balaban J connectivity index is 2.39. The van der Waals surface area contributed by atoms with Crippen molar-refractivity contribution in [2.75, 3.05) is 18.4 Å². The fourth-order valence-corrected chi connectivity index (χ4v) is 1.90. The highest BCUT2D eigenvalue weighted by molar-refractivity contribution is 5.73. The molecular weight excluding hydrogens is 255 g/mol. The molecule has 0 aliphatic rings. The second-order valence-corrected chi connectivity index (χ2v) is 4.45. The number of hydrogen-bond acceptors (Lipinski definition) is 4. The SMILES string of the molecule is CCc1ncc(NCCCN)c(-c2ccccc2F)n1. The first-order valence-electron chi connectivity index (χ1n) is 6.81. The molecule has 1 heterocycles. The third-order valence-electron chi connectivity index (χ3n) is 2.98. The van der Waals surface area contributed by atoms with E-state index in [0.29, 0.717) is 36.6 Å². The lowest BCUT2D eigenvalue weighted by Gasteiger charge is -2.12. The number of halogens is 1. The van der Waals surface area contributed by atoms with E-state index in [0.717, 1.165) is 12.1 Å². The minimum Gasteiger partial charge on any atom is -0.382 e. The van der Waals surface area contributed by atoms with E-state index in [1.807, 2.05) is 6.92 Å². The summed E-state index contributed by atoms with van der Waals surface area (Å²) in [6, 6.07) is 6.63. The maximum Gasteiger partial charge on any atom is 0.132 e. The van der Waals surface area contributed by atoms with Crippen LogP contribution < -0.4 is 11.1 Å². The van der Waals surface area contributed by atoms with E-state index in [1.165, 1.54) is 6.07 Å². The van der Waals surface area contributed by atoms with E-state index in [-0.39, 0.29) is 5.82 Å². The summed E-state index contributed by atoms with van der Waals surface area (Å²) in [7, 11) is 0. The van der Waals surface area contributed by atoms with Crippen LogP contribution in [-0.4, -0.2) is 23.1 Å². The molecule has 0 fully saturated rings. The molecule has 0 atom stereocenters. The number of hydrogen-bond donors (Lipinski definition) is 2. The van der Waals surface area contributed by atoms with Crippen LogP contribution in [0.4, 0.5) is 10.1 Å². The van der Waals surface area contributed by atoms with Gasteiger partial charge in [0.1, 0.15) is 17.3 Å². The molecule has 0 aliphatic carbocycles. The number of aryl methyl sites for hydroxylation is 1. The van der Waals surface area contributed by atoms with Crippen LogP contribution >= 0.6 is 0 Å². The fourth-order valence-electron chi connectivity index (χ4n) is 1.90. The third kappa shape index (κ3) is 3.30. The molecule has 106 valence electrons. The smallest absolute Gasteiger partial charge is 0.132 e. The van der Waals surface area contributed by atoms with E-state index < -0.39 is 0 Å². The van der Waals surface area contributed by atoms with E-state index in [4.69, 9.17) is 5.73 Å². The topological polar surface area (TPSA) is 63.8 Å². The van der Waals surface area contributed by atoms with Crippen LogP contribution in [0.2, 0.25) is 0 Å². The summed E-state index contributed by atoms with van der Waals surface area (Å²) in [6.07, 6.45) is 3.26. The second-order valence-electron chi connectivity index (χ2n) is 4.45. The second kappa shape index (κ2) is 6.96. The first kappa shape index (κ1) is 14.4. The molecular formula is C15H19FN4. The first-order chi connectivity index (χ1) is 9.76. The number of benzene rings is 1. The van der Waals surface area contributed by atoms with Crippen LogP contribution in [0.1, 0.15) is 19.2 Å². The molecule has 0 spiro atoms. The highest BCUT2D eigenvalue weighted by Gasteiger charge is 2.12. The van der Waals surface area contributed by atoms with Crippen molar-refractivity contribution in [2.24, 2.45) is 5.73 Å². The quantitative estimate of drug-likeness (QED) is 0.795. The molecule has 0 amide bonds. The summed E-state index contributed by atoms with van der Waals surface area (Å²) in [5.41, 5.74) is 7.31. The molecule has 0 aliphatic heterocycles. The zero-order chi connectivity index (χ0) is 14.4. The molecule has 0 radical (unpaired) electrons. The molecule has 5 heteroatoms. The number of rotatable bonds is 6. The normalized spacial score (nSPS) is 10.6. The Morgan fingerprint density at radius 2 is 2.10 bits per heavy atom. The Kier molecular flexibility index (Phi) is 5.01. The van der Waals surface area contributed by atoms with Gasteiger partial charge in [-0.15, -0.1) is 0 Å². The van der Waals surface area contributed by atoms with Gasteiger partial charge in [0.2, 0.25) is 0 Å². The van der Waals surface area contributed by atoms with Gasteiger partial charge in [0.05, 0.1) is 11.9 Å². The maximum atomic E-state index is 14.0. The number of nitrogens with two attached hydrogens (primary N) is 1. The molecule has 4 nitrogen and oxygen atoms in total. The minimum atomic E-state index is -0.282. The van der Waals surface area contributed by atoms with Gasteiger partial charge >= 0.3 is 0 Å². The number of nitrogens with zero attached hydrogens (tertiary/aromatic N) is 2. The molecule has 2 rings (SSSR count). The minimum absolute atomic E-state index is 0.282. The number of nitrogens with one attached hydrogen (secondary N) is 1. The Hall–Kier alpha value is -2.01. The predicted molar refractivity (Wildman–Crippen MR) is 79.0 cm³/mol. The third-order valence-corrected chi connectivity index (χ3v) is 2.98. The fraction of sp³-hybridized carbons (Fsp3) is 0.333. The van der Waals surface area contributed by atoms with Gasteiger partial charge in [0, 0.05) is 18.5 Å². The average molecular weight is 274 g/mol. The molecule has 20 heavy (non-hydrogen) atoms. The standard InChI is InChI=1S/C15H19FN4/c1-2-14-19-10-13(18-9-5-8-17)15(20-14)11-6-3-4-7-12(11)16/h3-4,6-7,10,18H,2,5,8-9,17H2,1H3. The van der Waals surface area contributed by atoms with Gasteiger partial charge in [-0.05, 0) is 25.1 Å². The van der Waals surface area contributed by atoms with Gasteiger partial charge < -0.3 is 11.1 Å². The largest absolute Gasteiger partial charge is 0.382 e. The molecule has 0 saturated heterocycles. The lowest BCUT2D eigenvalue weighted by Crippen LogP contribution is -2.10. The van der Waals surface area contributed by atoms with E-state index >= 15 is 0 Å². The summed E-state index contributed by atoms with van der Waals surface area (Å²) in [5, 5.41) is 3.22. The van der Waals surface area contributed by atoms with Crippen LogP contribution in [-0.2, 0) is 6.42 Å². The van der Waals surface area contributed by atoms with Crippen LogP contribution in [0, 0.1) is 5.82 Å². The summed E-state index contributed by atoms with van der Waals surface area (Å²) >= 11 is 0. The van der Waals surface area contributed by atoms with Crippen molar-refractivity contribution in [3.05, 3.63) is 42.1 Å². The Morgan fingerprint density at radius 1 is 1.30 bits per heavy atom. The number of anilines is 1. The summed E-state index contributed by atoms with van der Waals surface area (Å²) in [6.45, 7) is 3.30. The summed E-state index contributed by atoms with van der Waals surface area (Å²) in [5.74, 6) is 0.419. The zero-order valence-electron chi connectivity index (χ0n) is 11.6. The van der Waals surface area contributed by atoms with Crippen LogP contribution in [0.3, 0.4) is 0 Å². The van der Waals surface area contributed by atoms with Crippen molar-refractivity contribution in [3.63, 3.8) is 0 Å². The average Bonchev–Trinajstić information content (AvgIpc) is 2.48. The van der Waals surface area contributed by atoms with Gasteiger partial charge in [-0.25, -0.2) is 14.4 Å². The zero-order valence-corrected chi connectivity index (χ0v) is 11.6. The molecule has 2 aromatic rings. The lowest BCUT2D eigenvalue weighted by molar-refractivity contribution is 0.630. The van der Waals surface area contributed by atoms with Gasteiger partial charge in [-0.1, -0.05) is 19.1 Å². The molecule has 1 aromatic heterocycles. The molecule has 3 N–H and O–H groups in total.